The fraction of sp³-hybridized carbons (Fsp3) is 0.143. The van der Waals surface area contributed by atoms with E-state index in [0.29, 0.717) is 10.7 Å². The molecule has 3 N–H and O–H groups in total. The highest BCUT2D eigenvalue weighted by atomic mass is 35.5. The van der Waals surface area contributed by atoms with Gasteiger partial charge >= 0.3 is 0 Å². The van der Waals surface area contributed by atoms with Crippen molar-refractivity contribution in [1.29, 1.82) is 0 Å². The highest BCUT2D eigenvalue weighted by Crippen LogP contribution is 2.18. The first-order valence-corrected chi connectivity index (χ1v) is 3.51. The van der Waals surface area contributed by atoms with E-state index >= 15 is 0 Å². The first-order chi connectivity index (χ1) is 5.24. The molecule has 0 saturated heterocycles. The van der Waals surface area contributed by atoms with Crippen LogP contribution < -0.4 is 11.1 Å². The van der Waals surface area contributed by atoms with Crippen molar-refractivity contribution < 1.29 is 4.39 Å². The third-order valence-electron chi connectivity index (χ3n) is 1.22. The summed E-state index contributed by atoms with van der Waals surface area (Å²) in [7, 11) is 0. The van der Waals surface area contributed by atoms with Crippen molar-refractivity contribution in [2.45, 2.75) is 0 Å². The number of rotatable bonds is 2. The Morgan fingerprint density at radius 3 is 2.91 bits per heavy atom. The number of hydrogen-bond donors (Lipinski definition) is 2. The lowest BCUT2D eigenvalue weighted by Crippen LogP contribution is -2.11. The molecular formula is C7H8ClFN2. The fourth-order valence-electron chi connectivity index (χ4n) is 0.743. The van der Waals surface area contributed by atoms with E-state index in [1.54, 1.807) is 0 Å². The Balaban J connectivity index is 2.93. The summed E-state index contributed by atoms with van der Waals surface area (Å²) >= 11 is 5.61. The van der Waals surface area contributed by atoms with Gasteiger partial charge in [0.15, 0.2) is 0 Å². The molecule has 1 rings (SSSR count). The quantitative estimate of drug-likeness (QED) is 0.672. The molecule has 60 valence electrons. The van der Waals surface area contributed by atoms with Crippen LogP contribution in [-0.4, -0.2) is 6.67 Å². The van der Waals surface area contributed by atoms with Gasteiger partial charge in [0.1, 0.15) is 5.82 Å². The lowest BCUT2D eigenvalue weighted by Gasteiger charge is -2.03. The van der Waals surface area contributed by atoms with Crippen LogP contribution in [0.3, 0.4) is 0 Å². The van der Waals surface area contributed by atoms with Crippen LogP contribution in [0.15, 0.2) is 18.2 Å². The normalized spacial score (nSPS) is 9.73. The maximum Gasteiger partial charge on any atom is 0.146 e. The Morgan fingerprint density at radius 2 is 2.27 bits per heavy atom. The van der Waals surface area contributed by atoms with Crippen LogP contribution >= 0.6 is 11.6 Å². The largest absolute Gasteiger partial charge is 0.370 e. The summed E-state index contributed by atoms with van der Waals surface area (Å²) in [5.41, 5.74) is 5.49. The Hall–Kier alpha value is -0.800. The van der Waals surface area contributed by atoms with E-state index in [1.165, 1.54) is 18.2 Å². The maximum atomic E-state index is 12.8. The summed E-state index contributed by atoms with van der Waals surface area (Å²) in [5, 5.41) is 3.12. The summed E-state index contributed by atoms with van der Waals surface area (Å²) in [5.74, 6) is -0.347. The summed E-state index contributed by atoms with van der Waals surface area (Å²) in [6, 6.07) is 4.27. The standard InChI is InChI=1S/C7H8ClFN2/c8-5-1-2-6(9)7(3-5)11-4-10/h1-3,11H,4,10H2. The van der Waals surface area contributed by atoms with Crippen LogP contribution in [0.2, 0.25) is 5.02 Å². The van der Waals surface area contributed by atoms with E-state index in [-0.39, 0.29) is 12.5 Å². The Bertz CT molecular complexity index is 252. The van der Waals surface area contributed by atoms with Gasteiger partial charge in [0, 0.05) is 5.02 Å². The predicted molar refractivity (Wildman–Crippen MR) is 44.1 cm³/mol. The third kappa shape index (κ3) is 2.06. The Labute approximate surface area is 69.2 Å². The fourth-order valence-corrected chi connectivity index (χ4v) is 0.915. The molecule has 0 unspecified atom stereocenters. The monoisotopic (exact) mass is 174 g/mol. The van der Waals surface area contributed by atoms with Crippen molar-refractivity contribution >= 4 is 17.3 Å². The Morgan fingerprint density at radius 1 is 1.55 bits per heavy atom. The Kier molecular flexibility index (Phi) is 2.68. The molecule has 0 amide bonds. The summed E-state index contributed by atoms with van der Waals surface area (Å²) < 4.78 is 12.8. The molecule has 2 nitrogen and oxygen atoms in total. The molecular weight excluding hydrogens is 167 g/mol. The van der Waals surface area contributed by atoms with E-state index in [4.69, 9.17) is 17.3 Å². The van der Waals surface area contributed by atoms with Gasteiger partial charge in [-0.2, -0.15) is 0 Å². The SMILES string of the molecule is NCNc1cc(Cl)ccc1F. The average Bonchev–Trinajstić information content (AvgIpc) is 1.98. The lowest BCUT2D eigenvalue weighted by atomic mass is 10.3. The van der Waals surface area contributed by atoms with E-state index in [2.05, 4.69) is 5.32 Å². The second-order valence-electron chi connectivity index (χ2n) is 2.01. The van der Waals surface area contributed by atoms with Crippen molar-refractivity contribution in [2.75, 3.05) is 12.0 Å². The summed E-state index contributed by atoms with van der Waals surface area (Å²) in [6.07, 6.45) is 0. The number of nitrogens with two attached hydrogens (primary N) is 1. The molecule has 1 aromatic rings. The van der Waals surface area contributed by atoms with E-state index in [1.807, 2.05) is 0 Å². The molecule has 0 aliphatic heterocycles. The van der Waals surface area contributed by atoms with Gasteiger partial charge < -0.3 is 11.1 Å². The van der Waals surface area contributed by atoms with Gasteiger partial charge in [0.05, 0.1) is 12.4 Å². The van der Waals surface area contributed by atoms with Crippen LogP contribution in [0.4, 0.5) is 10.1 Å². The highest BCUT2D eigenvalue weighted by Gasteiger charge is 1.99. The molecule has 0 radical (unpaired) electrons. The maximum absolute atomic E-state index is 12.8. The molecule has 0 aliphatic carbocycles. The van der Waals surface area contributed by atoms with Gasteiger partial charge in [0.25, 0.3) is 0 Å². The average molecular weight is 175 g/mol. The smallest absolute Gasteiger partial charge is 0.146 e. The molecule has 0 saturated carbocycles. The highest BCUT2D eigenvalue weighted by molar-refractivity contribution is 6.30. The first-order valence-electron chi connectivity index (χ1n) is 3.13. The number of halogens is 2. The molecule has 0 fully saturated rings. The van der Waals surface area contributed by atoms with Gasteiger partial charge in [-0.1, -0.05) is 11.6 Å². The van der Waals surface area contributed by atoms with Gasteiger partial charge in [-0.15, -0.1) is 0 Å². The zero-order valence-electron chi connectivity index (χ0n) is 5.77. The second-order valence-corrected chi connectivity index (χ2v) is 2.44. The van der Waals surface area contributed by atoms with E-state index in [0.717, 1.165) is 0 Å². The second kappa shape index (κ2) is 3.55. The zero-order valence-corrected chi connectivity index (χ0v) is 6.53. The van der Waals surface area contributed by atoms with Crippen molar-refractivity contribution in [3.63, 3.8) is 0 Å². The third-order valence-corrected chi connectivity index (χ3v) is 1.46. The minimum absolute atomic E-state index is 0.192. The summed E-state index contributed by atoms with van der Waals surface area (Å²) in [6.45, 7) is 0.192. The van der Waals surface area contributed by atoms with Crippen molar-refractivity contribution in [3.8, 4) is 0 Å². The lowest BCUT2D eigenvalue weighted by molar-refractivity contribution is 0.630. The van der Waals surface area contributed by atoms with Gasteiger partial charge in [-0.3, -0.25) is 0 Å². The van der Waals surface area contributed by atoms with Crippen molar-refractivity contribution in [1.82, 2.24) is 0 Å². The predicted octanol–water partition coefficient (Wildman–Crippen LogP) is 1.81. The molecule has 11 heavy (non-hydrogen) atoms. The minimum Gasteiger partial charge on any atom is -0.370 e. The van der Waals surface area contributed by atoms with Crippen LogP contribution in [0.1, 0.15) is 0 Å². The van der Waals surface area contributed by atoms with Crippen molar-refractivity contribution in [3.05, 3.63) is 29.0 Å². The topological polar surface area (TPSA) is 38.0 Å². The van der Waals surface area contributed by atoms with E-state index < -0.39 is 0 Å². The molecule has 1 aromatic carbocycles. The molecule has 0 spiro atoms. The number of benzene rings is 1. The molecule has 0 heterocycles. The van der Waals surface area contributed by atoms with Crippen LogP contribution in [0.25, 0.3) is 0 Å². The van der Waals surface area contributed by atoms with Crippen molar-refractivity contribution in [2.24, 2.45) is 5.73 Å². The molecule has 0 aliphatic rings. The summed E-state index contributed by atoms with van der Waals surface area (Å²) in [4.78, 5) is 0. The molecule has 0 aromatic heterocycles. The van der Waals surface area contributed by atoms with Gasteiger partial charge in [-0.05, 0) is 18.2 Å². The van der Waals surface area contributed by atoms with Gasteiger partial charge in [-0.25, -0.2) is 4.39 Å². The first kappa shape index (κ1) is 8.30. The number of hydrogen-bond acceptors (Lipinski definition) is 2. The van der Waals surface area contributed by atoms with Crippen LogP contribution in [0, 0.1) is 5.82 Å². The molecule has 0 atom stereocenters. The number of nitrogens with one attached hydrogen (secondary N) is 1. The van der Waals surface area contributed by atoms with Crippen LogP contribution in [-0.2, 0) is 0 Å². The molecule has 0 bridgehead atoms. The van der Waals surface area contributed by atoms with Crippen LogP contribution in [0.5, 0.6) is 0 Å². The molecule has 4 heteroatoms. The number of anilines is 1. The van der Waals surface area contributed by atoms with E-state index in [9.17, 15) is 4.39 Å². The zero-order chi connectivity index (χ0) is 8.27. The minimum atomic E-state index is -0.347. The van der Waals surface area contributed by atoms with Gasteiger partial charge in [0.2, 0.25) is 0 Å².